The maximum atomic E-state index is 13.1. The fourth-order valence-corrected chi connectivity index (χ4v) is 4.14. The predicted molar refractivity (Wildman–Crippen MR) is 89.7 cm³/mol. The molecule has 0 saturated carbocycles. The molecule has 140 valence electrons. The molecule has 2 aromatic rings. The van der Waals surface area contributed by atoms with Gasteiger partial charge in [-0.3, -0.25) is 4.79 Å². The maximum Gasteiger partial charge on any atom is 0.253 e. The van der Waals surface area contributed by atoms with Crippen LogP contribution in [0, 0.1) is 19.7 Å². The summed E-state index contributed by atoms with van der Waals surface area (Å²) in [7, 11) is -3.82. The zero-order valence-corrected chi connectivity index (χ0v) is 15.0. The number of nitrogens with one attached hydrogen (secondary N) is 1. The van der Waals surface area contributed by atoms with Crippen molar-refractivity contribution in [3.05, 3.63) is 41.5 Å². The quantitative estimate of drug-likeness (QED) is 0.831. The van der Waals surface area contributed by atoms with Crippen LogP contribution in [0.25, 0.3) is 0 Å². The van der Waals surface area contributed by atoms with Crippen LogP contribution in [-0.2, 0) is 19.6 Å². The molecule has 8 nitrogen and oxygen atoms in total. The standard InChI is InChI=1S/C16H18FN3O5S/c1-10-16(11(2)25-19-10)26(22,23)18-7-14-8-20(15(21)9-24-14)13-5-3-12(17)4-6-13/h3-6,14,18H,7-9H2,1-2H3. The van der Waals surface area contributed by atoms with E-state index in [0.29, 0.717) is 5.69 Å². The zero-order chi connectivity index (χ0) is 18.9. The minimum atomic E-state index is -3.82. The van der Waals surface area contributed by atoms with Gasteiger partial charge in [0, 0.05) is 12.2 Å². The second kappa shape index (κ2) is 7.14. The number of aromatic nitrogens is 1. The van der Waals surface area contributed by atoms with E-state index in [1.165, 1.54) is 43.0 Å². The van der Waals surface area contributed by atoms with E-state index in [9.17, 15) is 17.6 Å². The lowest BCUT2D eigenvalue weighted by Crippen LogP contribution is -2.50. The summed E-state index contributed by atoms with van der Waals surface area (Å²) in [4.78, 5) is 13.5. The number of benzene rings is 1. The number of hydrogen-bond donors (Lipinski definition) is 1. The van der Waals surface area contributed by atoms with Crippen LogP contribution in [0.1, 0.15) is 11.5 Å². The zero-order valence-electron chi connectivity index (χ0n) is 14.2. The number of ether oxygens (including phenoxy) is 1. The van der Waals surface area contributed by atoms with Crippen molar-refractivity contribution in [2.75, 3.05) is 24.6 Å². The van der Waals surface area contributed by atoms with E-state index < -0.39 is 21.9 Å². The molecule has 3 rings (SSSR count). The van der Waals surface area contributed by atoms with E-state index in [4.69, 9.17) is 9.26 Å². The van der Waals surface area contributed by atoms with Gasteiger partial charge < -0.3 is 14.2 Å². The molecule has 1 atom stereocenters. The van der Waals surface area contributed by atoms with Gasteiger partial charge in [0.05, 0.1) is 12.6 Å². The normalized spacial score (nSPS) is 18.3. The van der Waals surface area contributed by atoms with Gasteiger partial charge in [-0.25, -0.2) is 17.5 Å². The Bertz CT molecular complexity index is 891. The number of anilines is 1. The van der Waals surface area contributed by atoms with Gasteiger partial charge in [-0.1, -0.05) is 5.16 Å². The molecule has 1 saturated heterocycles. The number of rotatable bonds is 5. The Hall–Kier alpha value is -2.30. The molecule has 0 spiro atoms. The second-order valence-electron chi connectivity index (χ2n) is 5.92. The van der Waals surface area contributed by atoms with Crippen molar-refractivity contribution in [1.82, 2.24) is 9.88 Å². The second-order valence-corrected chi connectivity index (χ2v) is 7.62. The average Bonchev–Trinajstić information content (AvgIpc) is 2.94. The third-order valence-corrected chi connectivity index (χ3v) is 5.67. The highest BCUT2D eigenvalue weighted by Crippen LogP contribution is 2.21. The van der Waals surface area contributed by atoms with Crippen LogP contribution in [0.2, 0.25) is 0 Å². The van der Waals surface area contributed by atoms with Gasteiger partial charge in [-0.05, 0) is 38.1 Å². The first-order chi connectivity index (χ1) is 12.3. The van der Waals surface area contributed by atoms with Crippen molar-refractivity contribution < 1.29 is 26.9 Å². The summed E-state index contributed by atoms with van der Waals surface area (Å²) >= 11 is 0. The highest BCUT2D eigenvalue weighted by molar-refractivity contribution is 7.89. The Balaban J connectivity index is 1.69. The number of amides is 1. The maximum absolute atomic E-state index is 13.1. The van der Waals surface area contributed by atoms with Crippen molar-refractivity contribution >= 4 is 21.6 Å². The molecule has 1 aromatic carbocycles. The number of sulfonamides is 1. The first-order valence-corrected chi connectivity index (χ1v) is 9.36. The average molecular weight is 383 g/mol. The summed E-state index contributed by atoms with van der Waals surface area (Å²) in [6.07, 6.45) is -0.548. The van der Waals surface area contributed by atoms with Crippen LogP contribution in [0.15, 0.2) is 33.7 Å². The first-order valence-electron chi connectivity index (χ1n) is 7.88. The minimum absolute atomic E-state index is 0.000207. The Morgan fingerprint density at radius 1 is 1.31 bits per heavy atom. The van der Waals surface area contributed by atoms with E-state index in [-0.39, 0.29) is 42.0 Å². The van der Waals surface area contributed by atoms with E-state index in [1.54, 1.807) is 0 Å². The van der Waals surface area contributed by atoms with E-state index >= 15 is 0 Å². The molecule has 1 amide bonds. The Kier molecular flexibility index (Phi) is 5.08. The lowest BCUT2D eigenvalue weighted by atomic mass is 10.2. The summed E-state index contributed by atoms with van der Waals surface area (Å²) in [5.41, 5.74) is 0.793. The molecule has 0 radical (unpaired) electrons. The Labute approximate surface area is 150 Å². The number of hydrogen-bond acceptors (Lipinski definition) is 6. The molecule has 1 aliphatic rings. The smallest absolute Gasteiger partial charge is 0.253 e. The van der Waals surface area contributed by atoms with Gasteiger partial charge in [0.1, 0.15) is 23.0 Å². The number of aryl methyl sites for hydroxylation is 2. The largest absolute Gasteiger partial charge is 0.365 e. The van der Waals surface area contributed by atoms with Crippen molar-refractivity contribution in [2.24, 2.45) is 0 Å². The summed E-state index contributed by atoms with van der Waals surface area (Å²) in [6.45, 7) is 2.98. The first kappa shape index (κ1) is 18.5. The molecule has 1 fully saturated rings. The van der Waals surface area contributed by atoms with Crippen LogP contribution in [0.5, 0.6) is 0 Å². The SMILES string of the molecule is Cc1noc(C)c1S(=O)(=O)NCC1CN(c2ccc(F)cc2)C(=O)CO1. The van der Waals surface area contributed by atoms with Crippen LogP contribution in [-0.4, -0.2) is 45.3 Å². The number of carbonyl (C=O) groups is 1. The third-order valence-electron chi connectivity index (χ3n) is 4.01. The van der Waals surface area contributed by atoms with Crippen molar-refractivity contribution in [2.45, 2.75) is 24.8 Å². The summed E-state index contributed by atoms with van der Waals surface area (Å²) in [5, 5.41) is 3.64. The van der Waals surface area contributed by atoms with Gasteiger partial charge in [0.2, 0.25) is 10.0 Å². The molecule has 1 unspecified atom stereocenters. The van der Waals surface area contributed by atoms with E-state index in [1.807, 2.05) is 0 Å². The number of nitrogens with zero attached hydrogens (tertiary/aromatic N) is 2. The lowest BCUT2D eigenvalue weighted by Gasteiger charge is -2.32. The number of halogens is 1. The molecule has 0 bridgehead atoms. The van der Waals surface area contributed by atoms with Crippen LogP contribution in [0.3, 0.4) is 0 Å². The summed E-state index contributed by atoms with van der Waals surface area (Å²) in [6, 6.07) is 5.49. The molecule has 10 heteroatoms. The van der Waals surface area contributed by atoms with Gasteiger partial charge in [-0.2, -0.15) is 0 Å². The van der Waals surface area contributed by atoms with Gasteiger partial charge in [0.25, 0.3) is 5.91 Å². The molecule has 0 aliphatic carbocycles. The number of carbonyl (C=O) groups excluding carboxylic acids is 1. The lowest BCUT2D eigenvalue weighted by molar-refractivity contribution is -0.129. The van der Waals surface area contributed by atoms with E-state index in [0.717, 1.165) is 0 Å². The monoisotopic (exact) mass is 383 g/mol. The van der Waals surface area contributed by atoms with Crippen molar-refractivity contribution in [1.29, 1.82) is 0 Å². The predicted octanol–water partition coefficient (Wildman–Crippen LogP) is 1.14. The van der Waals surface area contributed by atoms with Crippen LogP contribution >= 0.6 is 0 Å². The fourth-order valence-electron chi connectivity index (χ4n) is 2.75. The number of morpholine rings is 1. The molecule has 2 heterocycles. The Morgan fingerprint density at radius 2 is 2.00 bits per heavy atom. The molecular weight excluding hydrogens is 365 g/mol. The minimum Gasteiger partial charge on any atom is -0.365 e. The van der Waals surface area contributed by atoms with Crippen molar-refractivity contribution in [3.63, 3.8) is 0 Å². The van der Waals surface area contributed by atoms with Crippen molar-refractivity contribution in [3.8, 4) is 0 Å². The van der Waals surface area contributed by atoms with Gasteiger partial charge in [0.15, 0.2) is 5.76 Å². The highest BCUT2D eigenvalue weighted by atomic mass is 32.2. The van der Waals surface area contributed by atoms with Crippen LogP contribution in [0.4, 0.5) is 10.1 Å². The third kappa shape index (κ3) is 3.76. The van der Waals surface area contributed by atoms with Crippen LogP contribution < -0.4 is 9.62 Å². The van der Waals surface area contributed by atoms with Gasteiger partial charge >= 0.3 is 0 Å². The fraction of sp³-hybridized carbons (Fsp3) is 0.375. The molecular formula is C16H18FN3O5S. The topological polar surface area (TPSA) is 102 Å². The van der Waals surface area contributed by atoms with E-state index in [2.05, 4.69) is 9.88 Å². The summed E-state index contributed by atoms with van der Waals surface area (Å²) in [5.74, 6) is -0.484. The molecule has 1 aromatic heterocycles. The van der Waals surface area contributed by atoms with Gasteiger partial charge in [-0.15, -0.1) is 0 Å². The highest BCUT2D eigenvalue weighted by Gasteiger charge is 2.30. The molecule has 26 heavy (non-hydrogen) atoms. The summed E-state index contributed by atoms with van der Waals surface area (Å²) < 4.78 is 50.7. The molecule has 1 aliphatic heterocycles. The Morgan fingerprint density at radius 3 is 2.62 bits per heavy atom. The molecule has 1 N–H and O–H groups in total.